The number of thiophene rings is 1. The van der Waals surface area contributed by atoms with Crippen molar-refractivity contribution < 1.29 is 4.79 Å². The van der Waals surface area contributed by atoms with E-state index in [9.17, 15) is 4.79 Å². The Kier molecular flexibility index (Phi) is 5.40. The van der Waals surface area contributed by atoms with Crippen molar-refractivity contribution in [3.63, 3.8) is 0 Å². The van der Waals surface area contributed by atoms with Gasteiger partial charge in [0.25, 0.3) is 5.91 Å². The molecule has 1 N–H and O–H groups in total. The molecule has 3 heterocycles. The van der Waals surface area contributed by atoms with E-state index in [4.69, 9.17) is 10.1 Å². The van der Waals surface area contributed by atoms with Crippen LogP contribution in [0.4, 0.5) is 0 Å². The SMILES string of the molecule is CCCCSC1=NN2C(=c3ccccc3=NC2/C=C/c2cccs2)C(=O)N1. The number of carbonyl (C=O) groups excluding carboxylic acids is 1. The van der Waals surface area contributed by atoms with Gasteiger partial charge in [0.2, 0.25) is 0 Å². The fourth-order valence-corrected chi connectivity index (χ4v) is 4.49. The highest BCUT2D eigenvalue weighted by molar-refractivity contribution is 8.13. The molecular weight excluding hydrogens is 376 g/mol. The van der Waals surface area contributed by atoms with E-state index < -0.39 is 0 Å². The van der Waals surface area contributed by atoms with Crippen LogP contribution in [0.25, 0.3) is 11.8 Å². The molecule has 0 fully saturated rings. The lowest BCUT2D eigenvalue weighted by Gasteiger charge is -2.32. The molecule has 1 amide bonds. The molecule has 1 aromatic carbocycles. The second kappa shape index (κ2) is 8.10. The number of para-hydroxylation sites is 1. The maximum Gasteiger partial charge on any atom is 0.276 e. The monoisotopic (exact) mass is 396 g/mol. The number of hydrogen-bond donors (Lipinski definition) is 1. The Morgan fingerprint density at radius 1 is 1.30 bits per heavy atom. The summed E-state index contributed by atoms with van der Waals surface area (Å²) in [6.07, 6.45) is 5.90. The van der Waals surface area contributed by atoms with Gasteiger partial charge >= 0.3 is 0 Å². The smallest absolute Gasteiger partial charge is 0.276 e. The van der Waals surface area contributed by atoms with Gasteiger partial charge in [0.1, 0.15) is 5.70 Å². The first kappa shape index (κ1) is 18.0. The molecular formula is C20H20N4OS2. The van der Waals surface area contributed by atoms with Crippen LogP contribution in [0.2, 0.25) is 0 Å². The fourth-order valence-electron chi connectivity index (χ4n) is 2.92. The average Bonchev–Trinajstić information content (AvgIpc) is 3.20. The third kappa shape index (κ3) is 3.84. The number of amides is 1. The molecule has 0 saturated heterocycles. The summed E-state index contributed by atoms with van der Waals surface area (Å²) in [6, 6.07) is 11.8. The van der Waals surface area contributed by atoms with Gasteiger partial charge in [-0.15, -0.1) is 16.4 Å². The van der Waals surface area contributed by atoms with E-state index >= 15 is 0 Å². The summed E-state index contributed by atoms with van der Waals surface area (Å²) >= 11 is 3.25. The molecule has 1 unspecified atom stereocenters. The van der Waals surface area contributed by atoms with E-state index in [1.807, 2.05) is 47.9 Å². The van der Waals surface area contributed by atoms with Gasteiger partial charge in [-0.1, -0.05) is 49.4 Å². The highest BCUT2D eigenvalue weighted by Gasteiger charge is 2.32. The van der Waals surface area contributed by atoms with E-state index in [1.54, 1.807) is 28.1 Å². The van der Waals surface area contributed by atoms with Crippen molar-refractivity contribution in [2.45, 2.75) is 25.9 Å². The minimum Gasteiger partial charge on any atom is -0.298 e. The number of amidine groups is 1. The number of nitrogens with zero attached hydrogens (tertiary/aromatic N) is 3. The molecule has 2 aliphatic heterocycles. The number of rotatable bonds is 5. The highest BCUT2D eigenvalue weighted by atomic mass is 32.2. The van der Waals surface area contributed by atoms with Crippen LogP contribution >= 0.6 is 23.1 Å². The van der Waals surface area contributed by atoms with E-state index in [0.717, 1.165) is 34.0 Å². The minimum atomic E-state index is -0.343. The molecule has 0 bridgehead atoms. The summed E-state index contributed by atoms with van der Waals surface area (Å²) in [5.74, 6) is 0.809. The lowest BCUT2D eigenvalue weighted by molar-refractivity contribution is -0.116. The summed E-state index contributed by atoms with van der Waals surface area (Å²) in [5.41, 5.74) is 0.557. The zero-order valence-corrected chi connectivity index (χ0v) is 16.6. The molecule has 2 aliphatic rings. The largest absolute Gasteiger partial charge is 0.298 e. The molecule has 1 aromatic heterocycles. The summed E-state index contributed by atoms with van der Waals surface area (Å²) in [4.78, 5) is 18.8. The normalized spacial score (nSPS) is 18.6. The van der Waals surface area contributed by atoms with Crippen molar-refractivity contribution in [3.8, 4) is 0 Å². The molecule has 138 valence electrons. The lowest BCUT2D eigenvalue weighted by atomic mass is 10.1. The quantitative estimate of drug-likeness (QED) is 0.791. The average molecular weight is 397 g/mol. The van der Waals surface area contributed by atoms with Crippen LogP contribution in [0.3, 0.4) is 0 Å². The predicted molar refractivity (Wildman–Crippen MR) is 113 cm³/mol. The van der Waals surface area contributed by atoms with Crippen LogP contribution in [-0.4, -0.2) is 28.0 Å². The second-order valence-corrected chi connectivity index (χ2v) is 8.25. The Morgan fingerprint density at radius 2 is 2.19 bits per heavy atom. The first-order valence-electron chi connectivity index (χ1n) is 8.97. The molecule has 4 rings (SSSR count). The molecule has 0 spiro atoms. The van der Waals surface area contributed by atoms with Gasteiger partial charge in [-0.2, -0.15) is 0 Å². The first-order valence-corrected chi connectivity index (χ1v) is 10.8. The van der Waals surface area contributed by atoms with Crippen LogP contribution in [0.15, 0.2) is 57.9 Å². The van der Waals surface area contributed by atoms with Crippen molar-refractivity contribution in [1.29, 1.82) is 0 Å². The fraction of sp³-hybridized carbons (Fsp3) is 0.250. The number of hydrazone groups is 1. The van der Waals surface area contributed by atoms with Crippen LogP contribution < -0.4 is 15.9 Å². The van der Waals surface area contributed by atoms with Crippen LogP contribution in [0, 0.1) is 0 Å². The zero-order valence-electron chi connectivity index (χ0n) is 15.0. The topological polar surface area (TPSA) is 57.1 Å². The molecule has 5 nitrogen and oxygen atoms in total. The third-order valence-corrected chi connectivity index (χ3v) is 6.04. The number of fused-ring (bicyclic) bond motifs is 2. The van der Waals surface area contributed by atoms with Crippen molar-refractivity contribution in [3.05, 3.63) is 63.3 Å². The number of benzene rings is 1. The summed E-state index contributed by atoms with van der Waals surface area (Å²) in [5, 5.41) is 13.7. The third-order valence-electron chi connectivity index (χ3n) is 4.26. The molecule has 27 heavy (non-hydrogen) atoms. The zero-order chi connectivity index (χ0) is 18.6. The van der Waals surface area contributed by atoms with E-state index in [1.165, 1.54) is 0 Å². The number of thioether (sulfide) groups is 1. The van der Waals surface area contributed by atoms with Crippen molar-refractivity contribution >= 4 is 45.9 Å². The Labute approximate surface area is 166 Å². The summed E-state index contributed by atoms with van der Waals surface area (Å²) in [6.45, 7) is 2.15. The Balaban J connectivity index is 1.74. The van der Waals surface area contributed by atoms with Crippen molar-refractivity contribution in [1.82, 2.24) is 10.3 Å². The van der Waals surface area contributed by atoms with E-state index in [0.29, 0.717) is 10.9 Å². The van der Waals surface area contributed by atoms with Crippen LogP contribution in [-0.2, 0) is 4.79 Å². The predicted octanol–water partition coefficient (Wildman–Crippen LogP) is 2.77. The highest BCUT2D eigenvalue weighted by Crippen LogP contribution is 2.22. The van der Waals surface area contributed by atoms with Gasteiger partial charge in [0.05, 0.1) is 5.36 Å². The van der Waals surface area contributed by atoms with Crippen molar-refractivity contribution in [2.75, 3.05) is 5.75 Å². The van der Waals surface area contributed by atoms with Crippen molar-refractivity contribution in [2.24, 2.45) is 10.1 Å². The van der Waals surface area contributed by atoms with Gasteiger partial charge in [-0.05, 0) is 36.1 Å². The van der Waals surface area contributed by atoms with Crippen LogP contribution in [0.1, 0.15) is 24.6 Å². The summed E-state index contributed by atoms with van der Waals surface area (Å²) in [7, 11) is 0. The van der Waals surface area contributed by atoms with Gasteiger partial charge in [-0.3, -0.25) is 15.1 Å². The number of unbranched alkanes of at least 4 members (excludes halogenated alkanes) is 1. The Bertz CT molecular complexity index is 1010. The Hall–Kier alpha value is -2.38. The Morgan fingerprint density at radius 3 is 3.00 bits per heavy atom. The van der Waals surface area contributed by atoms with E-state index in [-0.39, 0.29) is 12.1 Å². The molecule has 2 aromatic rings. The lowest BCUT2D eigenvalue weighted by Crippen LogP contribution is -2.52. The second-order valence-electron chi connectivity index (χ2n) is 6.19. The molecule has 7 heteroatoms. The molecule has 0 saturated carbocycles. The number of hydrogen-bond acceptors (Lipinski definition) is 6. The van der Waals surface area contributed by atoms with Gasteiger partial charge in [0.15, 0.2) is 11.3 Å². The maximum absolute atomic E-state index is 12.9. The molecule has 0 aliphatic carbocycles. The van der Waals surface area contributed by atoms with Gasteiger partial charge in [0, 0.05) is 15.8 Å². The van der Waals surface area contributed by atoms with Crippen LogP contribution in [0.5, 0.6) is 0 Å². The van der Waals surface area contributed by atoms with Gasteiger partial charge < -0.3 is 0 Å². The van der Waals surface area contributed by atoms with E-state index in [2.05, 4.69) is 18.3 Å². The molecule has 0 radical (unpaired) electrons. The number of nitrogens with one attached hydrogen (secondary N) is 1. The number of carbonyl (C=O) groups is 1. The maximum atomic E-state index is 12.9. The first-order chi connectivity index (χ1) is 13.3. The molecule has 1 atom stereocenters. The summed E-state index contributed by atoms with van der Waals surface area (Å²) < 4.78 is 0. The van der Waals surface area contributed by atoms with Gasteiger partial charge in [-0.25, -0.2) is 5.01 Å². The standard InChI is InChI=1S/C20H20N4OS2/c1-2-3-12-27-20-22-19(25)18-15-8-4-5-9-16(15)21-17(24(18)23-20)11-10-14-7-6-13-26-14/h4-11,13,17H,2-3,12H2,1H3,(H,22,23,25)/b11-10+. The minimum absolute atomic E-state index is 0.124.